The third kappa shape index (κ3) is 5.26. The average Bonchev–Trinajstić information content (AvgIpc) is 2.75. The van der Waals surface area contributed by atoms with Gasteiger partial charge in [-0.25, -0.2) is 4.79 Å². The second-order valence-corrected chi connectivity index (χ2v) is 7.49. The smallest absolute Gasteiger partial charge is 0.343 e. The van der Waals surface area contributed by atoms with Crippen LogP contribution in [0.1, 0.15) is 15.9 Å². The van der Waals surface area contributed by atoms with Crippen LogP contribution in [0, 0.1) is 0 Å². The molecule has 0 fully saturated rings. The molecule has 0 N–H and O–H groups in total. The number of nitrogens with zero attached hydrogens (tertiary/aromatic N) is 2. The van der Waals surface area contributed by atoms with Crippen LogP contribution in [0.3, 0.4) is 0 Å². The van der Waals surface area contributed by atoms with E-state index in [2.05, 4.69) is 9.63 Å². The third-order valence-corrected chi connectivity index (χ3v) is 5.10. The van der Waals surface area contributed by atoms with E-state index >= 15 is 0 Å². The van der Waals surface area contributed by atoms with E-state index in [0.717, 1.165) is 0 Å². The molecule has 0 unspecified atom stereocenters. The summed E-state index contributed by atoms with van der Waals surface area (Å²) < 4.78 is 38.4. The molecule has 148 valence electrons. The fourth-order valence-corrected chi connectivity index (χ4v) is 3.26. The molecule has 0 heterocycles. The van der Waals surface area contributed by atoms with Gasteiger partial charge >= 0.3 is 5.97 Å². The topological polar surface area (TPSA) is 94.4 Å². The van der Waals surface area contributed by atoms with Crippen molar-refractivity contribution >= 4 is 16.0 Å². The molecule has 0 saturated heterocycles. The summed E-state index contributed by atoms with van der Waals surface area (Å²) in [6.07, 6.45) is 0. The first-order chi connectivity index (χ1) is 14.0. The molecular weight excluding hydrogens is 392 g/mol. The standard InChI is InChI=1S/C21H18N2O5S/c1-27-19-13-12-16(14-20(19)28-21(24)17-8-4-2-5-9-17)15-22-23-29(25,26)18-10-6-3-7-11-18/h2-14H,15H2,1H3. The summed E-state index contributed by atoms with van der Waals surface area (Å²) in [7, 11) is -2.40. The molecule has 8 heteroatoms. The Hall–Kier alpha value is -3.52. The van der Waals surface area contributed by atoms with Gasteiger partial charge in [0.15, 0.2) is 11.5 Å². The fourth-order valence-electron chi connectivity index (χ4n) is 2.46. The molecule has 3 aromatic carbocycles. The molecule has 0 aromatic heterocycles. The first-order valence-electron chi connectivity index (χ1n) is 8.62. The lowest BCUT2D eigenvalue weighted by atomic mass is 10.2. The quantitative estimate of drug-likeness (QED) is 0.330. The van der Waals surface area contributed by atoms with E-state index in [1.807, 2.05) is 0 Å². The van der Waals surface area contributed by atoms with Gasteiger partial charge in [-0.3, -0.25) is 0 Å². The van der Waals surface area contributed by atoms with Gasteiger partial charge in [0, 0.05) is 0 Å². The minimum absolute atomic E-state index is 0.00799. The normalized spacial score (nSPS) is 11.3. The zero-order chi connectivity index (χ0) is 20.7. The number of hydrogen-bond donors (Lipinski definition) is 0. The lowest BCUT2D eigenvalue weighted by molar-refractivity contribution is 0.0729. The molecule has 0 saturated carbocycles. The highest BCUT2D eigenvalue weighted by Gasteiger charge is 2.14. The van der Waals surface area contributed by atoms with Crippen molar-refractivity contribution in [1.82, 2.24) is 0 Å². The van der Waals surface area contributed by atoms with Gasteiger partial charge in [0.05, 0.1) is 24.1 Å². The molecule has 0 atom stereocenters. The van der Waals surface area contributed by atoms with Crippen molar-refractivity contribution in [3.05, 3.63) is 90.0 Å². The predicted octanol–water partition coefficient (Wildman–Crippen LogP) is 4.26. The first-order valence-corrected chi connectivity index (χ1v) is 10.1. The van der Waals surface area contributed by atoms with Gasteiger partial charge < -0.3 is 9.47 Å². The summed E-state index contributed by atoms with van der Waals surface area (Å²) in [5.74, 6) is 0.0428. The number of benzene rings is 3. The zero-order valence-electron chi connectivity index (χ0n) is 15.6. The molecule has 0 amide bonds. The van der Waals surface area contributed by atoms with Crippen LogP contribution in [0.5, 0.6) is 11.5 Å². The molecule has 0 aliphatic rings. The molecule has 0 spiro atoms. The molecule has 7 nitrogen and oxygen atoms in total. The largest absolute Gasteiger partial charge is 0.493 e. The molecule has 0 radical (unpaired) electrons. The second-order valence-electron chi connectivity index (χ2n) is 5.91. The maximum absolute atomic E-state index is 12.3. The zero-order valence-corrected chi connectivity index (χ0v) is 16.4. The Labute approximate surface area is 168 Å². The van der Waals surface area contributed by atoms with Gasteiger partial charge in [0.25, 0.3) is 10.0 Å². The Morgan fingerprint density at radius 3 is 2.21 bits per heavy atom. The van der Waals surface area contributed by atoms with Gasteiger partial charge in [-0.15, -0.1) is 0 Å². The van der Waals surface area contributed by atoms with Gasteiger partial charge in [0.1, 0.15) is 0 Å². The Morgan fingerprint density at radius 1 is 0.897 bits per heavy atom. The number of rotatable bonds is 7. The molecule has 0 aliphatic heterocycles. The molecule has 0 bridgehead atoms. The summed E-state index contributed by atoms with van der Waals surface area (Å²) in [6, 6.07) is 21.2. The molecule has 0 aliphatic carbocycles. The van der Waals surface area contributed by atoms with Crippen molar-refractivity contribution in [2.24, 2.45) is 9.63 Å². The van der Waals surface area contributed by atoms with Gasteiger partial charge in [-0.2, -0.15) is 13.5 Å². The average molecular weight is 410 g/mol. The number of esters is 1. The first kappa shape index (κ1) is 20.2. The van der Waals surface area contributed by atoms with Crippen LogP contribution in [0.15, 0.2) is 93.4 Å². The predicted molar refractivity (Wildman–Crippen MR) is 107 cm³/mol. The molecule has 3 rings (SSSR count). The van der Waals surface area contributed by atoms with Crippen molar-refractivity contribution in [2.75, 3.05) is 7.11 Å². The summed E-state index contributed by atoms with van der Waals surface area (Å²) in [4.78, 5) is 12.4. The number of carbonyl (C=O) groups is 1. The lowest BCUT2D eigenvalue weighted by Crippen LogP contribution is -2.09. The van der Waals surface area contributed by atoms with E-state index < -0.39 is 16.0 Å². The van der Waals surface area contributed by atoms with Crippen molar-refractivity contribution in [3.8, 4) is 11.5 Å². The van der Waals surface area contributed by atoms with Crippen molar-refractivity contribution in [2.45, 2.75) is 11.4 Å². The van der Waals surface area contributed by atoms with Crippen LogP contribution in [-0.2, 0) is 16.6 Å². The molecule has 29 heavy (non-hydrogen) atoms. The summed E-state index contributed by atoms with van der Waals surface area (Å²) in [5, 5.41) is 3.78. The molecular formula is C21H18N2O5S. The van der Waals surface area contributed by atoms with E-state index in [4.69, 9.17) is 9.47 Å². The lowest BCUT2D eigenvalue weighted by Gasteiger charge is -2.10. The highest BCUT2D eigenvalue weighted by Crippen LogP contribution is 2.29. The summed E-state index contributed by atoms with van der Waals surface area (Å²) >= 11 is 0. The maximum Gasteiger partial charge on any atom is 0.343 e. The number of methoxy groups -OCH3 is 1. The van der Waals surface area contributed by atoms with Crippen LogP contribution >= 0.6 is 0 Å². The van der Waals surface area contributed by atoms with Crippen LogP contribution in [0.25, 0.3) is 0 Å². The fraction of sp³-hybridized carbons (Fsp3) is 0.0952. The van der Waals surface area contributed by atoms with Crippen molar-refractivity contribution in [1.29, 1.82) is 0 Å². The van der Waals surface area contributed by atoms with E-state index in [1.165, 1.54) is 19.2 Å². The van der Waals surface area contributed by atoms with Crippen molar-refractivity contribution < 1.29 is 22.7 Å². The number of ether oxygens (including phenoxy) is 2. The van der Waals surface area contributed by atoms with Gasteiger partial charge in [-0.05, 0) is 42.0 Å². The van der Waals surface area contributed by atoms with E-state index in [-0.39, 0.29) is 17.2 Å². The minimum Gasteiger partial charge on any atom is -0.493 e. The van der Waals surface area contributed by atoms with Crippen LogP contribution in [-0.4, -0.2) is 21.5 Å². The highest BCUT2D eigenvalue weighted by molar-refractivity contribution is 7.90. The Bertz CT molecular complexity index is 1110. The SMILES string of the molecule is COc1ccc(CN=NS(=O)(=O)c2ccccc2)cc1OC(=O)c1ccccc1. The van der Waals surface area contributed by atoms with Crippen molar-refractivity contribution in [3.63, 3.8) is 0 Å². The van der Waals surface area contributed by atoms with Crippen LogP contribution < -0.4 is 9.47 Å². The van der Waals surface area contributed by atoms with E-state index in [9.17, 15) is 13.2 Å². The second kappa shape index (κ2) is 9.11. The van der Waals surface area contributed by atoms with Crippen LogP contribution in [0.4, 0.5) is 0 Å². The number of carbonyl (C=O) groups excluding carboxylic acids is 1. The van der Waals surface area contributed by atoms with E-state index in [0.29, 0.717) is 16.9 Å². The number of sulfonamides is 1. The Balaban J connectivity index is 1.76. The molecule has 3 aromatic rings. The van der Waals surface area contributed by atoms with Gasteiger partial charge in [0.2, 0.25) is 0 Å². The van der Waals surface area contributed by atoms with Crippen LogP contribution in [0.2, 0.25) is 0 Å². The van der Waals surface area contributed by atoms with E-state index in [1.54, 1.807) is 66.7 Å². The van der Waals surface area contributed by atoms with Gasteiger partial charge in [-0.1, -0.05) is 47.0 Å². The Kier molecular flexibility index (Phi) is 6.36. The number of hydrogen-bond acceptors (Lipinski definition) is 6. The maximum atomic E-state index is 12.3. The summed E-state index contributed by atoms with van der Waals surface area (Å²) in [5.41, 5.74) is 1.00. The Morgan fingerprint density at radius 2 is 1.55 bits per heavy atom. The monoisotopic (exact) mass is 410 g/mol. The summed E-state index contributed by atoms with van der Waals surface area (Å²) in [6.45, 7) is -0.00799. The highest BCUT2D eigenvalue weighted by atomic mass is 32.2. The minimum atomic E-state index is -3.86. The third-order valence-electron chi connectivity index (χ3n) is 3.90.